The summed E-state index contributed by atoms with van der Waals surface area (Å²) < 4.78 is 6.05. The molecule has 2 amide bonds. The monoisotopic (exact) mass is 541 g/mol. The van der Waals surface area contributed by atoms with E-state index in [1.165, 1.54) is 22.7 Å². The molecule has 0 spiro atoms. The average Bonchev–Trinajstić information content (AvgIpc) is 2.95. The minimum absolute atomic E-state index is 0.0239. The number of aliphatic hydroxyl groups is 1. The molecule has 0 saturated carbocycles. The number of hydrogen-bond acceptors (Lipinski definition) is 8. The molecule has 2 N–H and O–H groups in total. The topological polar surface area (TPSA) is 125 Å². The maximum atomic E-state index is 13.6. The first-order valence-corrected chi connectivity index (χ1v) is 12.9. The van der Waals surface area contributed by atoms with Gasteiger partial charge in [-0.15, -0.1) is 34.8 Å². The van der Waals surface area contributed by atoms with E-state index in [-0.39, 0.29) is 12.3 Å². The fourth-order valence-corrected chi connectivity index (χ4v) is 5.89. The molecule has 0 aliphatic carbocycles. The molecule has 3 atom stereocenters. The third-order valence-corrected chi connectivity index (χ3v) is 8.13. The molecule has 2 fully saturated rings. The molecule has 2 aromatic carbocycles. The van der Waals surface area contributed by atoms with Crippen molar-refractivity contribution in [2.24, 2.45) is 10.6 Å². The minimum atomic E-state index is -1.17. The number of rotatable bonds is 9. The van der Waals surface area contributed by atoms with Crippen LogP contribution < -0.4 is 5.32 Å². The summed E-state index contributed by atoms with van der Waals surface area (Å²) in [4.78, 5) is 51.2. The minimum Gasteiger partial charge on any atom is -0.508 e. The van der Waals surface area contributed by atoms with Gasteiger partial charge in [-0.05, 0) is 16.3 Å². The zero-order valence-corrected chi connectivity index (χ0v) is 21.2. The number of carbonyl (C=O) groups is 3. The van der Waals surface area contributed by atoms with Crippen molar-refractivity contribution in [3.05, 3.63) is 101 Å². The fourth-order valence-electron chi connectivity index (χ4n) is 4.23. The second kappa shape index (κ2) is 11.2. The van der Waals surface area contributed by atoms with Crippen molar-refractivity contribution in [1.82, 2.24) is 10.2 Å². The van der Waals surface area contributed by atoms with Crippen molar-refractivity contribution in [2.45, 2.75) is 17.5 Å². The van der Waals surface area contributed by atoms with Gasteiger partial charge in [0.15, 0.2) is 6.10 Å². The Balaban J connectivity index is 1.50. The van der Waals surface area contributed by atoms with E-state index in [1.54, 1.807) is 0 Å². The van der Waals surface area contributed by atoms with E-state index >= 15 is 0 Å². The number of fused-ring (bicyclic) bond motifs is 1. The Bertz CT molecular complexity index is 1200. The number of allylic oxidation sites excluding steroid dienone is 1. The van der Waals surface area contributed by atoms with Gasteiger partial charge in [0.05, 0.1) is 5.88 Å². The molecule has 0 bridgehead atoms. The second-order valence-corrected chi connectivity index (χ2v) is 9.98. The van der Waals surface area contributed by atoms with Crippen LogP contribution in [0.25, 0.3) is 0 Å². The quantitative estimate of drug-likeness (QED) is 0.0943. The lowest BCUT2D eigenvalue weighted by molar-refractivity contribution is -0.162. The number of ether oxygens (including phenoxy) is 1. The predicted octanol–water partition coefficient (Wildman–Crippen LogP) is 3.67. The normalized spacial score (nSPS) is 23.3. The van der Waals surface area contributed by atoms with Crippen molar-refractivity contribution in [1.29, 1.82) is 0 Å². The molecule has 0 radical (unpaired) electrons. The van der Waals surface area contributed by atoms with E-state index in [9.17, 15) is 24.4 Å². The van der Waals surface area contributed by atoms with Crippen LogP contribution in [0.3, 0.4) is 0 Å². The lowest BCUT2D eigenvalue weighted by atomic mass is 9.87. The number of aliphatic hydroxyl groups excluding tert-OH is 1. The number of alkyl halides is 1. The highest BCUT2D eigenvalue weighted by atomic mass is 35.5. The highest BCUT2D eigenvalue weighted by Crippen LogP contribution is 2.44. The number of thioether (sulfide) groups is 1. The number of nitroso groups, excluding NO2 is 1. The van der Waals surface area contributed by atoms with Crippen LogP contribution >= 0.6 is 23.4 Å². The fraction of sp³-hybridized carbons (Fsp3) is 0.269. The zero-order chi connectivity index (χ0) is 26.6. The first kappa shape index (κ1) is 26.4. The smallest absolute Gasteiger partial charge is 0.319 e. The molecule has 11 heteroatoms. The van der Waals surface area contributed by atoms with Gasteiger partial charge in [0.2, 0.25) is 11.6 Å². The van der Waals surface area contributed by atoms with Gasteiger partial charge in [-0.2, -0.15) is 0 Å². The maximum Gasteiger partial charge on any atom is 0.319 e. The van der Waals surface area contributed by atoms with Gasteiger partial charge < -0.3 is 20.1 Å². The third kappa shape index (κ3) is 5.12. The van der Waals surface area contributed by atoms with E-state index in [0.717, 1.165) is 11.1 Å². The summed E-state index contributed by atoms with van der Waals surface area (Å²) in [5, 5.41) is 14.1. The van der Waals surface area contributed by atoms with Gasteiger partial charge in [0.1, 0.15) is 22.6 Å². The van der Waals surface area contributed by atoms with Gasteiger partial charge in [-0.25, -0.2) is 0 Å². The lowest BCUT2D eigenvalue weighted by Crippen LogP contribution is -2.73. The van der Waals surface area contributed by atoms with Gasteiger partial charge >= 0.3 is 5.97 Å². The van der Waals surface area contributed by atoms with Gasteiger partial charge in [0, 0.05) is 12.3 Å². The summed E-state index contributed by atoms with van der Waals surface area (Å²) in [6.07, 6.45) is 0.852. The van der Waals surface area contributed by atoms with Crippen molar-refractivity contribution in [3.63, 3.8) is 0 Å². The van der Waals surface area contributed by atoms with Crippen LogP contribution in [0.2, 0.25) is 0 Å². The number of amides is 2. The zero-order valence-electron chi connectivity index (χ0n) is 19.6. The number of hydrogen-bond donors (Lipinski definition) is 2. The molecular weight excluding hydrogens is 518 g/mol. The second-order valence-electron chi connectivity index (χ2n) is 8.61. The number of carbonyl (C=O) groups excluding carboxylic acids is 3. The molecular formula is C26H24ClN3O6S. The van der Waals surface area contributed by atoms with Gasteiger partial charge in [0.25, 0.3) is 5.91 Å². The largest absolute Gasteiger partial charge is 0.508 e. The summed E-state index contributed by atoms with van der Waals surface area (Å²) in [5.41, 5.74) is -0.338. The number of nitrogens with zero attached hydrogens (tertiary/aromatic N) is 2. The Kier molecular flexibility index (Phi) is 7.99. The number of β-lactam (4-membered cyclic amide) rings is 1. The summed E-state index contributed by atoms with van der Waals surface area (Å²) in [6, 6.07) is 17.8. The van der Waals surface area contributed by atoms with Crippen molar-refractivity contribution in [3.8, 4) is 0 Å². The van der Waals surface area contributed by atoms with E-state index < -0.39 is 58.1 Å². The molecule has 2 aliphatic heterocycles. The molecule has 192 valence electrons. The molecule has 37 heavy (non-hydrogen) atoms. The summed E-state index contributed by atoms with van der Waals surface area (Å²) >= 11 is 6.75. The first-order chi connectivity index (χ1) is 17.8. The van der Waals surface area contributed by atoms with Crippen LogP contribution in [-0.2, 0) is 19.1 Å². The van der Waals surface area contributed by atoms with Crippen LogP contribution in [0, 0.1) is 10.3 Å². The van der Waals surface area contributed by atoms with Crippen LogP contribution in [0.15, 0.2) is 90.0 Å². The number of nitrogens with one attached hydrogen (secondary N) is 1. The SMILES string of the molecule is C=CC1(C(=O)OC(c2ccccc2)c2ccccc2)CS[C@@H]2C(NC(=O)C(N=O)=C(O)CCl)C(=O)N2C1. The van der Waals surface area contributed by atoms with Crippen molar-refractivity contribution >= 4 is 41.1 Å². The highest BCUT2D eigenvalue weighted by Gasteiger charge is 2.57. The molecule has 2 unspecified atom stereocenters. The van der Waals surface area contributed by atoms with E-state index in [1.807, 2.05) is 60.7 Å². The van der Waals surface area contributed by atoms with Crippen LogP contribution in [0.1, 0.15) is 17.2 Å². The van der Waals surface area contributed by atoms with Crippen LogP contribution in [-0.4, -0.2) is 57.4 Å². The molecule has 2 aromatic rings. The predicted molar refractivity (Wildman–Crippen MR) is 140 cm³/mol. The number of esters is 1. The van der Waals surface area contributed by atoms with Gasteiger partial charge in [-0.3, -0.25) is 14.4 Å². The maximum absolute atomic E-state index is 13.6. The van der Waals surface area contributed by atoms with E-state index in [2.05, 4.69) is 17.1 Å². The summed E-state index contributed by atoms with van der Waals surface area (Å²) in [7, 11) is 0. The Morgan fingerprint density at radius 2 is 1.81 bits per heavy atom. The standard InChI is InChI=1S/C26H24ClN3O6S/c1-2-26(25(34)36-21(16-9-5-3-6-10-16)17-11-7-4-8-12-17)14-30-23(33)20(24(30)37-15-26)28-22(32)19(29-35)18(31)13-27/h2-12,20-21,24,31H,1,13-15H2,(H,28,32)/t20?,24-,26?/m1/s1. The van der Waals surface area contributed by atoms with Crippen LogP contribution in [0.5, 0.6) is 0 Å². The molecule has 2 heterocycles. The first-order valence-electron chi connectivity index (χ1n) is 11.3. The molecule has 0 aromatic heterocycles. The molecule has 2 saturated heterocycles. The Labute approximate surface area is 222 Å². The number of benzene rings is 2. The highest BCUT2D eigenvalue weighted by molar-refractivity contribution is 8.00. The summed E-state index contributed by atoms with van der Waals surface area (Å²) in [6.45, 7) is 3.88. The molecule has 4 rings (SSSR count). The van der Waals surface area contributed by atoms with E-state index in [0.29, 0.717) is 0 Å². The lowest BCUT2D eigenvalue weighted by Gasteiger charge is -2.53. The Morgan fingerprint density at radius 3 is 2.32 bits per heavy atom. The van der Waals surface area contributed by atoms with E-state index in [4.69, 9.17) is 16.3 Å². The average molecular weight is 542 g/mol. The van der Waals surface area contributed by atoms with Crippen LogP contribution in [0.4, 0.5) is 0 Å². The summed E-state index contributed by atoms with van der Waals surface area (Å²) in [5.74, 6) is -2.87. The Hall–Kier alpha value is -3.63. The van der Waals surface area contributed by atoms with Crippen molar-refractivity contribution < 1.29 is 24.2 Å². The number of halogens is 1. The van der Waals surface area contributed by atoms with Gasteiger partial charge in [-0.1, -0.05) is 66.7 Å². The Morgan fingerprint density at radius 1 is 1.22 bits per heavy atom. The molecule has 2 aliphatic rings. The van der Waals surface area contributed by atoms with Crippen molar-refractivity contribution in [2.75, 3.05) is 18.2 Å². The third-order valence-electron chi connectivity index (χ3n) is 6.33. The molecule has 9 nitrogen and oxygen atoms in total.